The van der Waals surface area contributed by atoms with E-state index in [-0.39, 0.29) is 6.04 Å². The molecule has 3 atom stereocenters. The lowest BCUT2D eigenvalue weighted by Gasteiger charge is -2.37. The Bertz CT molecular complexity index is 938. The van der Waals surface area contributed by atoms with Gasteiger partial charge in [0.15, 0.2) is 0 Å². The van der Waals surface area contributed by atoms with Crippen LogP contribution in [0.25, 0.3) is 0 Å². The Morgan fingerprint density at radius 2 is 1.92 bits per heavy atom. The fraction of sp³-hybridized carbons (Fsp3) is 0.263. The molecule has 0 amide bonds. The van der Waals surface area contributed by atoms with E-state index >= 15 is 0 Å². The number of fused-ring (bicyclic) bond motifs is 3. The van der Waals surface area contributed by atoms with Crippen molar-refractivity contribution in [3.63, 3.8) is 0 Å². The van der Waals surface area contributed by atoms with Gasteiger partial charge in [-0.05, 0) is 53.8 Å². The molecule has 0 saturated carbocycles. The first-order chi connectivity index (χ1) is 11.9. The number of anilines is 2. The van der Waals surface area contributed by atoms with Crippen LogP contribution in [0.2, 0.25) is 0 Å². The Labute approximate surface area is 156 Å². The predicted octanol–water partition coefficient (Wildman–Crippen LogP) is 4.65. The molecule has 1 aliphatic heterocycles. The van der Waals surface area contributed by atoms with E-state index in [1.165, 1.54) is 11.8 Å². The third-order valence-electron chi connectivity index (χ3n) is 4.90. The lowest BCUT2D eigenvalue weighted by Crippen LogP contribution is -2.29. The minimum atomic E-state index is -3.28. The largest absolute Gasteiger partial charge is 0.378 e. The highest BCUT2D eigenvalue weighted by Gasteiger charge is 2.37. The molecule has 2 aromatic rings. The molecular weight excluding hydrogens is 400 g/mol. The summed E-state index contributed by atoms with van der Waals surface area (Å²) in [7, 11) is -3.28. The van der Waals surface area contributed by atoms with Gasteiger partial charge in [0.1, 0.15) is 0 Å². The van der Waals surface area contributed by atoms with Crippen molar-refractivity contribution < 1.29 is 8.42 Å². The highest BCUT2D eigenvalue weighted by molar-refractivity contribution is 9.10. The average molecular weight is 419 g/mol. The number of hydrogen-bond donors (Lipinski definition) is 2. The van der Waals surface area contributed by atoms with E-state index in [2.05, 4.69) is 62.4 Å². The smallest absolute Gasteiger partial charge is 0.229 e. The van der Waals surface area contributed by atoms with Crippen molar-refractivity contribution >= 4 is 37.3 Å². The zero-order valence-corrected chi connectivity index (χ0v) is 16.1. The summed E-state index contributed by atoms with van der Waals surface area (Å²) in [5.74, 6) is 0.730. The molecule has 2 aliphatic rings. The van der Waals surface area contributed by atoms with Crippen molar-refractivity contribution in [3.8, 4) is 0 Å². The maximum absolute atomic E-state index is 11.5. The summed E-state index contributed by atoms with van der Waals surface area (Å²) in [5, 5.41) is 3.66. The molecule has 130 valence electrons. The monoisotopic (exact) mass is 418 g/mol. The van der Waals surface area contributed by atoms with Gasteiger partial charge < -0.3 is 5.32 Å². The first kappa shape index (κ1) is 16.7. The number of nitrogens with one attached hydrogen (secondary N) is 2. The quantitative estimate of drug-likeness (QED) is 0.713. The first-order valence-electron chi connectivity index (χ1n) is 8.21. The average Bonchev–Trinajstić information content (AvgIpc) is 3.03. The Kier molecular flexibility index (Phi) is 4.12. The Balaban J connectivity index is 1.72. The fourth-order valence-electron chi connectivity index (χ4n) is 3.87. The van der Waals surface area contributed by atoms with Gasteiger partial charge in [-0.15, -0.1) is 0 Å². The summed E-state index contributed by atoms with van der Waals surface area (Å²) >= 11 is 3.49. The van der Waals surface area contributed by atoms with E-state index in [0.717, 1.165) is 22.1 Å². The van der Waals surface area contributed by atoms with E-state index in [1.54, 1.807) is 0 Å². The number of rotatable bonds is 3. The third-order valence-corrected chi connectivity index (χ3v) is 6.03. The molecule has 2 N–H and O–H groups in total. The fourth-order valence-corrected chi connectivity index (χ4v) is 4.69. The van der Waals surface area contributed by atoms with Gasteiger partial charge in [0.25, 0.3) is 0 Å². The number of halogens is 1. The summed E-state index contributed by atoms with van der Waals surface area (Å²) in [5.41, 5.74) is 4.11. The van der Waals surface area contributed by atoms with Crippen molar-refractivity contribution in [1.82, 2.24) is 0 Å². The van der Waals surface area contributed by atoms with Gasteiger partial charge in [0, 0.05) is 21.8 Å². The van der Waals surface area contributed by atoms with Gasteiger partial charge >= 0.3 is 0 Å². The van der Waals surface area contributed by atoms with Gasteiger partial charge in [-0.1, -0.05) is 40.2 Å². The Morgan fingerprint density at radius 3 is 2.64 bits per heavy atom. The van der Waals surface area contributed by atoms with E-state index in [4.69, 9.17) is 0 Å². The van der Waals surface area contributed by atoms with Gasteiger partial charge in [0.05, 0.1) is 12.3 Å². The van der Waals surface area contributed by atoms with Crippen molar-refractivity contribution in [2.75, 3.05) is 16.3 Å². The molecule has 0 fully saturated rings. The molecule has 1 heterocycles. The van der Waals surface area contributed by atoms with Crippen LogP contribution in [0.15, 0.2) is 59.1 Å². The Morgan fingerprint density at radius 1 is 1.16 bits per heavy atom. The highest BCUT2D eigenvalue weighted by atomic mass is 79.9. The summed E-state index contributed by atoms with van der Waals surface area (Å²) < 4.78 is 26.7. The van der Waals surface area contributed by atoms with Gasteiger partial charge in [-0.25, -0.2) is 8.42 Å². The van der Waals surface area contributed by atoms with Crippen LogP contribution in [0.4, 0.5) is 11.4 Å². The van der Waals surface area contributed by atoms with Gasteiger partial charge in [-0.3, -0.25) is 4.72 Å². The molecule has 0 spiro atoms. The molecule has 0 aromatic heterocycles. The second-order valence-electron chi connectivity index (χ2n) is 6.70. The molecular formula is C19H19BrN2O2S. The van der Waals surface area contributed by atoms with E-state index in [0.29, 0.717) is 17.5 Å². The highest BCUT2D eigenvalue weighted by Crippen LogP contribution is 2.50. The zero-order chi connectivity index (χ0) is 17.6. The molecule has 2 aromatic carbocycles. The van der Waals surface area contributed by atoms with E-state index in [1.807, 2.05) is 18.2 Å². The minimum Gasteiger partial charge on any atom is -0.378 e. The summed E-state index contributed by atoms with van der Waals surface area (Å²) in [6.45, 7) is 0. The molecule has 25 heavy (non-hydrogen) atoms. The molecule has 1 aliphatic carbocycles. The van der Waals surface area contributed by atoms with Gasteiger partial charge in [-0.2, -0.15) is 0 Å². The molecule has 0 bridgehead atoms. The van der Waals surface area contributed by atoms with Crippen LogP contribution in [0.5, 0.6) is 0 Å². The lowest BCUT2D eigenvalue weighted by atomic mass is 9.77. The van der Waals surface area contributed by atoms with E-state index < -0.39 is 10.0 Å². The zero-order valence-electron chi connectivity index (χ0n) is 13.7. The molecule has 0 saturated heterocycles. The second-order valence-corrected chi connectivity index (χ2v) is 9.37. The first-order valence-corrected chi connectivity index (χ1v) is 10.9. The maximum Gasteiger partial charge on any atom is 0.229 e. The molecule has 4 nitrogen and oxygen atoms in total. The van der Waals surface area contributed by atoms with Crippen LogP contribution >= 0.6 is 15.9 Å². The molecule has 0 radical (unpaired) electrons. The second kappa shape index (κ2) is 6.18. The van der Waals surface area contributed by atoms with Crippen molar-refractivity contribution in [2.24, 2.45) is 5.92 Å². The summed E-state index contributed by atoms with van der Waals surface area (Å²) in [4.78, 5) is 0. The SMILES string of the molecule is CS(=O)(=O)Nc1ccc2c(c1)[C@H]1C=CC[C@H]1[C@@H](c1ccc(Br)cc1)N2. The molecule has 0 unspecified atom stereocenters. The molecule has 4 rings (SSSR count). The standard InChI is InChI=1S/C19H19BrN2O2S/c1-25(23,24)22-14-9-10-18-17(11-14)15-3-2-4-16(15)19(21-18)12-5-7-13(20)8-6-12/h2-3,5-11,15-16,19,21-22H,4H2,1H3/t15-,16+,19+/m0/s1. The third kappa shape index (κ3) is 3.33. The summed E-state index contributed by atoms with van der Waals surface area (Å²) in [6.07, 6.45) is 6.67. The number of allylic oxidation sites excluding steroid dienone is 2. The van der Waals surface area contributed by atoms with Gasteiger partial charge in [0.2, 0.25) is 10.0 Å². The predicted molar refractivity (Wildman–Crippen MR) is 105 cm³/mol. The normalized spacial score (nSPS) is 24.3. The maximum atomic E-state index is 11.5. The van der Waals surface area contributed by atoms with Crippen LogP contribution in [0, 0.1) is 5.92 Å². The van der Waals surface area contributed by atoms with Crippen LogP contribution < -0.4 is 10.0 Å². The number of benzene rings is 2. The lowest BCUT2D eigenvalue weighted by molar-refractivity contribution is 0.425. The summed E-state index contributed by atoms with van der Waals surface area (Å²) in [6, 6.07) is 14.4. The van der Waals surface area contributed by atoms with E-state index in [9.17, 15) is 8.42 Å². The van der Waals surface area contributed by atoms with Crippen molar-refractivity contribution in [1.29, 1.82) is 0 Å². The van der Waals surface area contributed by atoms with Crippen LogP contribution in [-0.2, 0) is 10.0 Å². The number of sulfonamides is 1. The Hall–Kier alpha value is -1.79. The molecule has 6 heteroatoms. The van der Waals surface area contributed by atoms with Crippen LogP contribution in [0.3, 0.4) is 0 Å². The minimum absolute atomic E-state index is 0.245. The van der Waals surface area contributed by atoms with Crippen molar-refractivity contribution in [3.05, 3.63) is 70.2 Å². The number of hydrogen-bond acceptors (Lipinski definition) is 3. The topological polar surface area (TPSA) is 58.2 Å². The van der Waals surface area contributed by atoms with Crippen molar-refractivity contribution in [2.45, 2.75) is 18.4 Å². The van der Waals surface area contributed by atoms with Crippen LogP contribution in [-0.4, -0.2) is 14.7 Å². The van der Waals surface area contributed by atoms with Crippen LogP contribution in [0.1, 0.15) is 29.5 Å².